The predicted octanol–water partition coefficient (Wildman–Crippen LogP) is 3.24. The number of imide groups is 1. The highest BCUT2D eigenvalue weighted by atomic mass is 16.6. The lowest BCUT2D eigenvalue weighted by Gasteiger charge is -2.19. The highest BCUT2D eigenvalue weighted by Crippen LogP contribution is 2.40. The highest BCUT2D eigenvalue weighted by molar-refractivity contribution is 6.22. The average Bonchev–Trinajstić information content (AvgIpc) is 3.41. The summed E-state index contributed by atoms with van der Waals surface area (Å²) in [6.07, 6.45) is 3.26. The highest BCUT2D eigenvalue weighted by Gasteiger charge is 2.48. The van der Waals surface area contributed by atoms with Gasteiger partial charge in [0.15, 0.2) is 0 Å². The minimum absolute atomic E-state index is 0.0312. The number of anilines is 2. The number of nitrogens with zero attached hydrogens (tertiary/aromatic N) is 3. The molecule has 1 aliphatic carbocycles. The molecule has 5 rings (SSSR count). The molecule has 11 heteroatoms. The van der Waals surface area contributed by atoms with Crippen LogP contribution < -0.4 is 19.3 Å². The fourth-order valence-corrected chi connectivity index (χ4v) is 5.38. The van der Waals surface area contributed by atoms with Crippen molar-refractivity contribution in [2.75, 3.05) is 23.5 Å². The molecular formula is C26H25N3O8. The van der Waals surface area contributed by atoms with E-state index >= 15 is 0 Å². The molecule has 3 amide bonds. The number of hydrogen-bond acceptors (Lipinski definition) is 8. The first-order valence-corrected chi connectivity index (χ1v) is 12.1. The molecule has 2 saturated heterocycles. The van der Waals surface area contributed by atoms with Crippen LogP contribution in [-0.2, 0) is 19.2 Å². The molecule has 2 aromatic carbocycles. The van der Waals surface area contributed by atoms with Gasteiger partial charge in [0.05, 0.1) is 47.2 Å². The van der Waals surface area contributed by atoms with Crippen molar-refractivity contribution in [2.45, 2.75) is 32.1 Å². The Kier molecular flexibility index (Phi) is 6.36. The summed E-state index contributed by atoms with van der Waals surface area (Å²) in [5.41, 5.74) is 0.595. The maximum atomic E-state index is 12.8. The quantitative estimate of drug-likeness (QED) is 0.191. The van der Waals surface area contributed by atoms with Gasteiger partial charge in [-0.3, -0.25) is 34.2 Å². The number of fused-ring (bicyclic) bond motifs is 1. The van der Waals surface area contributed by atoms with Crippen LogP contribution in [0.4, 0.5) is 17.1 Å². The molecule has 0 N–H and O–H groups in total. The van der Waals surface area contributed by atoms with Gasteiger partial charge in [0, 0.05) is 19.0 Å². The SMILES string of the molecule is COc1cc([N+](=O)[O-])ccc1N1C[C@H](C(=O)Oc2ccc(N3C(=O)[C@H]4CCCC[C@@H]4C3=O)cc2)CC1=O. The summed E-state index contributed by atoms with van der Waals surface area (Å²) < 4.78 is 10.7. The van der Waals surface area contributed by atoms with E-state index in [4.69, 9.17) is 9.47 Å². The van der Waals surface area contributed by atoms with Crippen molar-refractivity contribution >= 4 is 40.8 Å². The molecular weight excluding hydrogens is 482 g/mol. The smallest absolute Gasteiger partial charge is 0.316 e. The Labute approximate surface area is 212 Å². The Morgan fingerprint density at radius 1 is 1.00 bits per heavy atom. The van der Waals surface area contributed by atoms with E-state index in [0.717, 1.165) is 25.7 Å². The number of nitro groups is 1. The Bertz CT molecular complexity index is 1270. The fourth-order valence-electron chi connectivity index (χ4n) is 5.38. The molecule has 0 spiro atoms. The Morgan fingerprint density at radius 3 is 2.24 bits per heavy atom. The minimum Gasteiger partial charge on any atom is -0.494 e. The molecule has 0 radical (unpaired) electrons. The van der Waals surface area contributed by atoms with Gasteiger partial charge in [-0.05, 0) is 43.2 Å². The second-order valence-electron chi connectivity index (χ2n) is 9.44. The third-order valence-electron chi connectivity index (χ3n) is 7.28. The number of methoxy groups -OCH3 is 1. The lowest BCUT2D eigenvalue weighted by Crippen LogP contribution is -2.30. The fraction of sp³-hybridized carbons (Fsp3) is 0.385. The van der Waals surface area contributed by atoms with Gasteiger partial charge >= 0.3 is 5.97 Å². The van der Waals surface area contributed by atoms with Crippen molar-refractivity contribution in [1.29, 1.82) is 0 Å². The molecule has 2 aromatic rings. The van der Waals surface area contributed by atoms with Crippen molar-refractivity contribution in [1.82, 2.24) is 0 Å². The van der Waals surface area contributed by atoms with Crippen LogP contribution in [0.2, 0.25) is 0 Å². The number of amides is 3. The topological polar surface area (TPSA) is 136 Å². The number of benzene rings is 2. The first-order chi connectivity index (χ1) is 17.8. The summed E-state index contributed by atoms with van der Waals surface area (Å²) in [5, 5.41) is 11.0. The van der Waals surface area contributed by atoms with E-state index in [0.29, 0.717) is 11.4 Å². The molecule has 11 nitrogen and oxygen atoms in total. The normalized spacial score (nSPS) is 23.3. The van der Waals surface area contributed by atoms with Gasteiger partial charge in [-0.15, -0.1) is 0 Å². The van der Waals surface area contributed by atoms with Gasteiger partial charge in [0.1, 0.15) is 11.5 Å². The number of carbonyl (C=O) groups excluding carboxylic acids is 4. The third kappa shape index (κ3) is 4.41. The summed E-state index contributed by atoms with van der Waals surface area (Å²) in [7, 11) is 1.34. The number of nitro benzene ring substituents is 1. The number of hydrogen-bond donors (Lipinski definition) is 0. The monoisotopic (exact) mass is 507 g/mol. The zero-order valence-corrected chi connectivity index (χ0v) is 20.1. The largest absolute Gasteiger partial charge is 0.494 e. The van der Waals surface area contributed by atoms with Crippen molar-refractivity contribution in [3.8, 4) is 11.5 Å². The molecule has 2 heterocycles. The van der Waals surface area contributed by atoms with Crippen molar-refractivity contribution in [3.63, 3.8) is 0 Å². The van der Waals surface area contributed by atoms with Crippen LogP contribution in [0.25, 0.3) is 0 Å². The minimum atomic E-state index is -0.753. The van der Waals surface area contributed by atoms with Crippen LogP contribution in [0.5, 0.6) is 11.5 Å². The molecule has 1 saturated carbocycles. The molecule has 0 bridgehead atoms. The Hall–Kier alpha value is -4.28. The van der Waals surface area contributed by atoms with Crippen molar-refractivity contribution in [3.05, 3.63) is 52.6 Å². The van der Waals surface area contributed by atoms with Crippen LogP contribution in [0.3, 0.4) is 0 Å². The second-order valence-corrected chi connectivity index (χ2v) is 9.44. The molecule has 37 heavy (non-hydrogen) atoms. The van der Waals surface area contributed by atoms with Crippen molar-refractivity contribution < 1.29 is 33.6 Å². The van der Waals surface area contributed by atoms with E-state index in [9.17, 15) is 29.3 Å². The predicted molar refractivity (Wildman–Crippen MR) is 130 cm³/mol. The summed E-state index contributed by atoms with van der Waals surface area (Å²) in [6.45, 7) is 0.0312. The van der Waals surface area contributed by atoms with Crippen LogP contribution in [0, 0.1) is 27.9 Å². The maximum Gasteiger partial charge on any atom is 0.316 e. The van der Waals surface area contributed by atoms with E-state index in [2.05, 4.69) is 0 Å². The Morgan fingerprint density at radius 2 is 1.65 bits per heavy atom. The molecule has 0 unspecified atom stereocenters. The standard InChI is InChI=1S/C26H25N3O8/c1-36-22-13-17(29(34)35)8-11-21(22)27-14-15(12-23(27)30)26(33)37-18-9-6-16(7-10-18)28-24(31)19-4-2-3-5-20(19)25(28)32/h6-11,13,15,19-20H,2-5,12,14H2,1H3/t15-,19+,20+/m1/s1. The van der Waals surface area contributed by atoms with Gasteiger partial charge in [-0.1, -0.05) is 12.8 Å². The first-order valence-electron chi connectivity index (χ1n) is 12.1. The van der Waals surface area contributed by atoms with Gasteiger partial charge in [0.2, 0.25) is 17.7 Å². The summed E-state index contributed by atoms with van der Waals surface area (Å²) >= 11 is 0. The Balaban J connectivity index is 1.25. The lowest BCUT2D eigenvalue weighted by atomic mass is 9.81. The molecule has 192 valence electrons. The molecule has 0 aromatic heterocycles. The zero-order chi connectivity index (χ0) is 26.3. The molecule has 2 aliphatic heterocycles. The van der Waals surface area contributed by atoms with Gasteiger partial charge in [-0.25, -0.2) is 0 Å². The van der Waals surface area contributed by atoms with E-state index in [1.807, 2.05) is 0 Å². The zero-order valence-electron chi connectivity index (χ0n) is 20.1. The second kappa shape index (κ2) is 9.64. The van der Waals surface area contributed by atoms with E-state index in [-0.39, 0.29) is 59.7 Å². The first kappa shape index (κ1) is 24.4. The van der Waals surface area contributed by atoms with E-state index in [1.54, 1.807) is 12.1 Å². The van der Waals surface area contributed by atoms with Crippen LogP contribution in [0.1, 0.15) is 32.1 Å². The molecule has 3 aliphatic rings. The molecule has 3 fully saturated rings. The van der Waals surface area contributed by atoms with Gasteiger partial charge in [-0.2, -0.15) is 0 Å². The lowest BCUT2D eigenvalue weighted by molar-refractivity contribution is -0.384. The van der Waals surface area contributed by atoms with E-state index < -0.39 is 16.8 Å². The number of ether oxygens (including phenoxy) is 2. The average molecular weight is 507 g/mol. The number of carbonyl (C=O) groups is 4. The summed E-state index contributed by atoms with van der Waals surface area (Å²) in [4.78, 5) is 64.1. The summed E-state index contributed by atoms with van der Waals surface area (Å²) in [6, 6.07) is 10.1. The number of rotatable bonds is 6. The number of non-ortho nitro benzene ring substituents is 1. The van der Waals surface area contributed by atoms with E-state index in [1.165, 1.54) is 47.2 Å². The third-order valence-corrected chi connectivity index (χ3v) is 7.28. The number of esters is 1. The maximum absolute atomic E-state index is 12.8. The van der Waals surface area contributed by atoms with Crippen LogP contribution >= 0.6 is 0 Å². The molecule has 3 atom stereocenters. The van der Waals surface area contributed by atoms with Crippen LogP contribution in [-0.4, -0.2) is 42.3 Å². The van der Waals surface area contributed by atoms with Crippen molar-refractivity contribution in [2.24, 2.45) is 17.8 Å². The van der Waals surface area contributed by atoms with Gasteiger partial charge < -0.3 is 14.4 Å². The summed E-state index contributed by atoms with van der Waals surface area (Å²) in [5.74, 6) is -2.18. The van der Waals surface area contributed by atoms with Crippen LogP contribution in [0.15, 0.2) is 42.5 Å². The van der Waals surface area contributed by atoms with Gasteiger partial charge in [0.25, 0.3) is 5.69 Å².